The lowest BCUT2D eigenvalue weighted by Crippen LogP contribution is -2.33. The van der Waals surface area contributed by atoms with Crippen LogP contribution in [0.3, 0.4) is 0 Å². The maximum absolute atomic E-state index is 5.65. The molecule has 0 fully saturated rings. The predicted molar refractivity (Wildman–Crippen MR) is 54.5 cm³/mol. The van der Waals surface area contributed by atoms with Crippen LogP contribution in [0.15, 0.2) is 24.5 Å². The van der Waals surface area contributed by atoms with E-state index >= 15 is 0 Å². The van der Waals surface area contributed by atoms with Crippen LogP contribution in [0, 0.1) is 0 Å². The average molecular weight is 196 g/mol. The Balaban J connectivity index is 2.46. The van der Waals surface area contributed by atoms with Crippen molar-refractivity contribution in [3.05, 3.63) is 24.5 Å². The van der Waals surface area contributed by atoms with Crippen molar-refractivity contribution in [2.45, 2.75) is 6.10 Å². The third kappa shape index (κ3) is 3.72. The van der Waals surface area contributed by atoms with Crippen LogP contribution in [0.5, 0.6) is 5.75 Å². The normalized spacial score (nSPS) is 12.4. The highest BCUT2D eigenvalue weighted by atomic mass is 16.5. The van der Waals surface area contributed by atoms with Crippen LogP contribution < -0.4 is 10.1 Å². The van der Waals surface area contributed by atoms with Gasteiger partial charge in [0.2, 0.25) is 0 Å². The Labute approximate surface area is 84.3 Å². The summed E-state index contributed by atoms with van der Waals surface area (Å²) in [6.07, 6.45) is 3.43. The number of rotatable bonds is 6. The Morgan fingerprint density at radius 2 is 2.43 bits per heavy atom. The van der Waals surface area contributed by atoms with Crippen molar-refractivity contribution in [3.63, 3.8) is 0 Å². The molecule has 4 heteroatoms. The van der Waals surface area contributed by atoms with E-state index in [0.717, 1.165) is 12.3 Å². The molecule has 0 radical (unpaired) electrons. The smallest absolute Gasteiger partial charge is 0.138 e. The lowest BCUT2D eigenvalue weighted by atomic mass is 10.3. The van der Waals surface area contributed by atoms with Gasteiger partial charge in [0.05, 0.1) is 12.8 Å². The largest absolute Gasteiger partial charge is 0.485 e. The molecule has 1 rings (SSSR count). The Morgan fingerprint density at radius 1 is 1.57 bits per heavy atom. The lowest BCUT2D eigenvalue weighted by molar-refractivity contribution is 0.0816. The first kappa shape index (κ1) is 10.9. The highest BCUT2D eigenvalue weighted by Gasteiger charge is 2.08. The van der Waals surface area contributed by atoms with Gasteiger partial charge in [0.25, 0.3) is 0 Å². The predicted octanol–water partition coefficient (Wildman–Crippen LogP) is 0.695. The number of nitrogens with one attached hydrogen (secondary N) is 1. The summed E-state index contributed by atoms with van der Waals surface area (Å²) < 4.78 is 10.7. The van der Waals surface area contributed by atoms with Crippen LogP contribution in [0.4, 0.5) is 0 Å². The maximum Gasteiger partial charge on any atom is 0.138 e. The lowest BCUT2D eigenvalue weighted by Gasteiger charge is -2.17. The van der Waals surface area contributed by atoms with Crippen LogP contribution in [0.2, 0.25) is 0 Å². The molecule has 78 valence electrons. The summed E-state index contributed by atoms with van der Waals surface area (Å²) in [5.74, 6) is 0.768. The number of hydrogen-bond acceptors (Lipinski definition) is 4. The SMILES string of the molecule is CNCC(COC)Oc1cccnc1. The number of likely N-dealkylation sites (N-methyl/N-ethyl adjacent to an activating group) is 1. The van der Waals surface area contributed by atoms with Crippen molar-refractivity contribution in [2.24, 2.45) is 0 Å². The summed E-state index contributed by atoms with van der Waals surface area (Å²) in [5.41, 5.74) is 0. The van der Waals surface area contributed by atoms with E-state index in [0.29, 0.717) is 6.61 Å². The summed E-state index contributed by atoms with van der Waals surface area (Å²) in [5, 5.41) is 3.05. The molecule has 1 aromatic heterocycles. The van der Waals surface area contributed by atoms with Gasteiger partial charge in [-0.1, -0.05) is 0 Å². The fourth-order valence-corrected chi connectivity index (χ4v) is 1.16. The molecule has 0 bridgehead atoms. The van der Waals surface area contributed by atoms with Crippen molar-refractivity contribution in [3.8, 4) is 5.75 Å². The van der Waals surface area contributed by atoms with Gasteiger partial charge >= 0.3 is 0 Å². The van der Waals surface area contributed by atoms with Gasteiger partial charge in [0.15, 0.2) is 0 Å². The second kappa shape index (κ2) is 6.34. The molecule has 0 saturated carbocycles. The number of methoxy groups -OCH3 is 1. The summed E-state index contributed by atoms with van der Waals surface area (Å²) in [6, 6.07) is 3.73. The van der Waals surface area contributed by atoms with Crippen LogP contribution in [-0.4, -0.2) is 38.4 Å². The molecule has 0 aromatic carbocycles. The Bertz CT molecular complexity index is 235. The van der Waals surface area contributed by atoms with Crippen molar-refractivity contribution in [1.29, 1.82) is 0 Å². The van der Waals surface area contributed by atoms with Crippen molar-refractivity contribution in [2.75, 3.05) is 27.3 Å². The minimum absolute atomic E-state index is 0.0224. The molecule has 0 aliphatic carbocycles. The Morgan fingerprint density at radius 3 is 3.00 bits per heavy atom. The summed E-state index contributed by atoms with van der Waals surface area (Å²) >= 11 is 0. The van der Waals surface area contributed by atoms with Crippen LogP contribution in [-0.2, 0) is 4.74 Å². The van der Waals surface area contributed by atoms with Crippen LogP contribution in [0.1, 0.15) is 0 Å². The number of pyridine rings is 1. The van der Waals surface area contributed by atoms with E-state index in [-0.39, 0.29) is 6.10 Å². The second-order valence-corrected chi connectivity index (χ2v) is 2.94. The third-order valence-electron chi connectivity index (χ3n) is 1.72. The monoisotopic (exact) mass is 196 g/mol. The second-order valence-electron chi connectivity index (χ2n) is 2.94. The molecule has 4 nitrogen and oxygen atoms in total. The number of aromatic nitrogens is 1. The number of nitrogens with zero attached hydrogens (tertiary/aromatic N) is 1. The fourth-order valence-electron chi connectivity index (χ4n) is 1.16. The van der Waals surface area contributed by atoms with Gasteiger partial charge in [-0.3, -0.25) is 4.98 Å². The average Bonchev–Trinajstić information content (AvgIpc) is 2.20. The van der Waals surface area contributed by atoms with Gasteiger partial charge in [0.1, 0.15) is 11.9 Å². The van der Waals surface area contributed by atoms with E-state index in [2.05, 4.69) is 10.3 Å². The van der Waals surface area contributed by atoms with Gasteiger partial charge in [-0.15, -0.1) is 0 Å². The van der Waals surface area contributed by atoms with Gasteiger partial charge in [0, 0.05) is 19.9 Å². The first-order valence-corrected chi connectivity index (χ1v) is 4.57. The van der Waals surface area contributed by atoms with Crippen molar-refractivity contribution in [1.82, 2.24) is 10.3 Å². The zero-order valence-electron chi connectivity index (χ0n) is 8.56. The maximum atomic E-state index is 5.65. The molecule has 1 aromatic rings. The minimum Gasteiger partial charge on any atom is -0.485 e. The van der Waals surface area contributed by atoms with Gasteiger partial charge < -0.3 is 14.8 Å². The summed E-state index contributed by atoms with van der Waals surface area (Å²) in [4.78, 5) is 3.97. The van der Waals surface area contributed by atoms with E-state index in [9.17, 15) is 0 Å². The zero-order chi connectivity index (χ0) is 10.2. The van der Waals surface area contributed by atoms with E-state index in [4.69, 9.17) is 9.47 Å². The van der Waals surface area contributed by atoms with Gasteiger partial charge in [-0.05, 0) is 19.2 Å². The molecule has 1 atom stereocenters. The zero-order valence-corrected chi connectivity index (χ0v) is 8.56. The first-order chi connectivity index (χ1) is 6.86. The highest BCUT2D eigenvalue weighted by molar-refractivity contribution is 5.15. The Hall–Kier alpha value is -1.13. The standard InChI is InChI=1S/C10H16N2O2/c1-11-6-10(8-13-2)14-9-4-3-5-12-7-9/h3-5,7,10-11H,6,8H2,1-2H3. The topological polar surface area (TPSA) is 43.4 Å². The molecule has 14 heavy (non-hydrogen) atoms. The van der Waals surface area contributed by atoms with E-state index in [1.54, 1.807) is 19.5 Å². The molecule has 0 saturated heterocycles. The molecule has 0 spiro atoms. The fraction of sp³-hybridized carbons (Fsp3) is 0.500. The molecular weight excluding hydrogens is 180 g/mol. The molecule has 0 aliphatic rings. The van der Waals surface area contributed by atoms with Gasteiger partial charge in [-0.25, -0.2) is 0 Å². The molecule has 1 heterocycles. The Kier molecular flexibility index (Phi) is 4.96. The van der Waals surface area contributed by atoms with Crippen molar-refractivity contribution >= 4 is 0 Å². The van der Waals surface area contributed by atoms with Crippen LogP contribution >= 0.6 is 0 Å². The highest BCUT2D eigenvalue weighted by Crippen LogP contribution is 2.08. The van der Waals surface area contributed by atoms with Gasteiger partial charge in [-0.2, -0.15) is 0 Å². The number of ether oxygens (including phenoxy) is 2. The van der Waals surface area contributed by atoms with E-state index < -0.39 is 0 Å². The molecular formula is C10H16N2O2. The van der Waals surface area contributed by atoms with Crippen molar-refractivity contribution < 1.29 is 9.47 Å². The minimum atomic E-state index is 0.0224. The molecule has 1 N–H and O–H groups in total. The third-order valence-corrected chi connectivity index (χ3v) is 1.72. The van der Waals surface area contributed by atoms with E-state index in [1.807, 2.05) is 19.2 Å². The molecule has 0 aliphatic heterocycles. The summed E-state index contributed by atoms with van der Waals surface area (Å²) in [7, 11) is 3.55. The quantitative estimate of drug-likeness (QED) is 0.727. The molecule has 0 amide bonds. The summed E-state index contributed by atoms with van der Waals surface area (Å²) in [6.45, 7) is 1.32. The first-order valence-electron chi connectivity index (χ1n) is 4.57. The molecule has 1 unspecified atom stereocenters. The van der Waals surface area contributed by atoms with Crippen LogP contribution in [0.25, 0.3) is 0 Å². The number of hydrogen-bond donors (Lipinski definition) is 1. The van der Waals surface area contributed by atoms with E-state index in [1.165, 1.54) is 0 Å².